The van der Waals surface area contributed by atoms with Gasteiger partial charge in [-0.2, -0.15) is 5.26 Å². The zero-order valence-corrected chi connectivity index (χ0v) is 16.4. The number of aromatic amines is 1. The zero-order valence-electron chi connectivity index (χ0n) is 15.5. The van der Waals surface area contributed by atoms with E-state index >= 15 is 0 Å². The van der Waals surface area contributed by atoms with Crippen molar-refractivity contribution < 1.29 is 0 Å². The molecule has 0 amide bonds. The summed E-state index contributed by atoms with van der Waals surface area (Å²) in [6, 6.07) is 15.8. The smallest absolute Gasteiger partial charge is 0.139 e. The van der Waals surface area contributed by atoms with Gasteiger partial charge in [-0.3, -0.25) is 0 Å². The third-order valence-electron chi connectivity index (χ3n) is 4.47. The summed E-state index contributed by atoms with van der Waals surface area (Å²) in [6.07, 6.45) is 4.98. The van der Waals surface area contributed by atoms with Crippen molar-refractivity contribution in [3.05, 3.63) is 89.4 Å². The number of hydrogen-bond donors (Lipinski definition) is 2. The Morgan fingerprint density at radius 3 is 2.90 bits per heavy atom. The molecule has 0 radical (unpaired) electrons. The number of aromatic nitrogens is 3. The molecule has 0 bridgehead atoms. The van der Waals surface area contributed by atoms with E-state index in [1.54, 1.807) is 18.5 Å². The Bertz CT molecular complexity index is 1230. The minimum atomic E-state index is 0.486. The van der Waals surface area contributed by atoms with E-state index in [1.807, 2.05) is 46.7 Å². The largest absolute Gasteiger partial charge is 0.403 e. The highest BCUT2D eigenvalue weighted by molar-refractivity contribution is 7.10. The molecular formula is C22H18N6S. The Kier molecular flexibility index (Phi) is 5.10. The number of rotatable bonds is 6. The van der Waals surface area contributed by atoms with Crippen LogP contribution in [0.1, 0.15) is 16.4 Å². The van der Waals surface area contributed by atoms with Gasteiger partial charge in [-0.1, -0.05) is 24.8 Å². The highest BCUT2D eigenvalue weighted by Crippen LogP contribution is 2.26. The SMILES string of the molecule is C=C(c1nccs1)N(/C=C\N)Cc1nc2ccc(-c3cccc(C#N)c3)cc2[nH]1. The lowest BCUT2D eigenvalue weighted by molar-refractivity contribution is 0.510. The van der Waals surface area contributed by atoms with Crippen molar-refractivity contribution in [3.63, 3.8) is 0 Å². The van der Waals surface area contributed by atoms with Crippen LogP contribution in [0.2, 0.25) is 0 Å². The Morgan fingerprint density at radius 2 is 2.14 bits per heavy atom. The molecule has 6 nitrogen and oxygen atoms in total. The second-order valence-corrected chi connectivity index (χ2v) is 7.26. The summed E-state index contributed by atoms with van der Waals surface area (Å²) in [5, 5.41) is 11.9. The Balaban J connectivity index is 1.63. The van der Waals surface area contributed by atoms with Gasteiger partial charge in [0.25, 0.3) is 0 Å². The van der Waals surface area contributed by atoms with Crippen LogP contribution in [0.5, 0.6) is 0 Å². The number of hydrogen-bond acceptors (Lipinski definition) is 6. The third kappa shape index (κ3) is 3.88. The van der Waals surface area contributed by atoms with Gasteiger partial charge in [0, 0.05) is 24.0 Å². The quantitative estimate of drug-likeness (QED) is 0.500. The minimum absolute atomic E-state index is 0.486. The van der Waals surface area contributed by atoms with Crippen LogP contribution in [-0.4, -0.2) is 19.9 Å². The molecule has 0 atom stereocenters. The molecule has 0 fully saturated rings. The van der Waals surface area contributed by atoms with Crippen molar-refractivity contribution in [3.8, 4) is 17.2 Å². The van der Waals surface area contributed by atoms with Crippen molar-refractivity contribution in [1.29, 1.82) is 5.26 Å². The number of nitrogens with two attached hydrogens (primary N) is 1. The molecule has 0 saturated carbocycles. The fourth-order valence-electron chi connectivity index (χ4n) is 3.08. The van der Waals surface area contributed by atoms with E-state index in [1.165, 1.54) is 17.5 Å². The molecule has 7 heteroatoms. The molecule has 0 aliphatic carbocycles. The molecule has 3 N–H and O–H groups in total. The second kappa shape index (κ2) is 8.00. The Hall–Kier alpha value is -3.89. The van der Waals surface area contributed by atoms with Crippen LogP contribution in [0.3, 0.4) is 0 Å². The maximum atomic E-state index is 9.13. The predicted octanol–water partition coefficient (Wildman–Crippen LogP) is 4.46. The van der Waals surface area contributed by atoms with Crippen LogP contribution in [-0.2, 0) is 6.54 Å². The monoisotopic (exact) mass is 398 g/mol. The van der Waals surface area contributed by atoms with Crippen LogP contribution in [0.4, 0.5) is 0 Å². The number of nitrogens with one attached hydrogen (secondary N) is 1. The third-order valence-corrected chi connectivity index (χ3v) is 5.29. The predicted molar refractivity (Wildman–Crippen MR) is 116 cm³/mol. The van der Waals surface area contributed by atoms with Crippen LogP contribution in [0.15, 0.2) is 73.0 Å². The molecule has 0 unspecified atom stereocenters. The van der Waals surface area contributed by atoms with Crippen LogP contribution < -0.4 is 5.73 Å². The number of nitriles is 1. The normalized spacial score (nSPS) is 11.0. The molecule has 2 aromatic carbocycles. The van der Waals surface area contributed by atoms with E-state index < -0.39 is 0 Å². The average Bonchev–Trinajstić information content (AvgIpc) is 3.42. The van der Waals surface area contributed by atoms with Crippen molar-refractivity contribution in [2.75, 3.05) is 0 Å². The van der Waals surface area contributed by atoms with Gasteiger partial charge in [0.1, 0.15) is 10.8 Å². The molecule has 2 heterocycles. The van der Waals surface area contributed by atoms with Gasteiger partial charge < -0.3 is 15.6 Å². The molecule has 142 valence electrons. The van der Waals surface area contributed by atoms with E-state index in [9.17, 15) is 0 Å². The summed E-state index contributed by atoms with van der Waals surface area (Å²) in [5.41, 5.74) is 10.8. The minimum Gasteiger partial charge on any atom is -0.403 e. The number of fused-ring (bicyclic) bond motifs is 1. The molecule has 0 spiro atoms. The number of H-pyrrole nitrogens is 1. The average molecular weight is 398 g/mol. The summed E-state index contributed by atoms with van der Waals surface area (Å²) in [7, 11) is 0. The maximum absolute atomic E-state index is 9.13. The second-order valence-electron chi connectivity index (χ2n) is 6.36. The highest BCUT2D eigenvalue weighted by atomic mass is 32.1. The van der Waals surface area contributed by atoms with Gasteiger partial charge >= 0.3 is 0 Å². The van der Waals surface area contributed by atoms with E-state index in [0.717, 1.165) is 38.7 Å². The van der Waals surface area contributed by atoms with Crippen molar-refractivity contribution in [2.45, 2.75) is 6.54 Å². The van der Waals surface area contributed by atoms with E-state index in [4.69, 9.17) is 11.0 Å². The van der Waals surface area contributed by atoms with Gasteiger partial charge in [-0.25, -0.2) is 9.97 Å². The lowest BCUT2D eigenvalue weighted by Gasteiger charge is -2.19. The number of benzene rings is 2. The first-order chi connectivity index (χ1) is 14.2. The fourth-order valence-corrected chi connectivity index (χ4v) is 3.70. The molecular weight excluding hydrogens is 380 g/mol. The van der Waals surface area contributed by atoms with Gasteiger partial charge in [-0.05, 0) is 35.4 Å². The lowest BCUT2D eigenvalue weighted by atomic mass is 10.0. The van der Waals surface area contributed by atoms with E-state index in [2.05, 4.69) is 27.6 Å². The van der Waals surface area contributed by atoms with E-state index in [-0.39, 0.29) is 0 Å². The van der Waals surface area contributed by atoms with Gasteiger partial charge in [0.05, 0.1) is 34.9 Å². The summed E-state index contributed by atoms with van der Waals surface area (Å²) in [5.74, 6) is 0.790. The van der Waals surface area contributed by atoms with Gasteiger partial charge in [0.2, 0.25) is 0 Å². The maximum Gasteiger partial charge on any atom is 0.139 e. The van der Waals surface area contributed by atoms with Crippen molar-refractivity contribution >= 4 is 28.1 Å². The number of thiazole rings is 1. The van der Waals surface area contributed by atoms with E-state index in [0.29, 0.717) is 12.1 Å². The highest BCUT2D eigenvalue weighted by Gasteiger charge is 2.13. The standard InChI is InChI=1S/C22H18N6S/c1-15(22-25-8-10-29-22)28(9-7-23)14-21-26-19-6-5-18(12-20(19)27-21)17-4-2-3-16(11-17)13-24/h2-12H,1,14,23H2,(H,26,27)/b9-7-. The Morgan fingerprint density at radius 1 is 1.28 bits per heavy atom. The van der Waals surface area contributed by atoms with Crippen molar-refractivity contribution in [2.24, 2.45) is 5.73 Å². The number of imidazole rings is 1. The van der Waals surface area contributed by atoms with Crippen LogP contribution >= 0.6 is 11.3 Å². The summed E-state index contributed by atoms with van der Waals surface area (Å²) < 4.78 is 0. The molecule has 0 aliphatic rings. The fraction of sp³-hybridized carbons (Fsp3) is 0.0455. The van der Waals surface area contributed by atoms with Gasteiger partial charge in [-0.15, -0.1) is 11.3 Å². The Labute approximate surface area is 172 Å². The molecule has 2 aromatic heterocycles. The molecule has 29 heavy (non-hydrogen) atoms. The first-order valence-electron chi connectivity index (χ1n) is 8.91. The van der Waals surface area contributed by atoms with Crippen LogP contribution in [0.25, 0.3) is 27.9 Å². The molecule has 0 saturated heterocycles. The van der Waals surface area contributed by atoms with Gasteiger partial charge in [0.15, 0.2) is 0 Å². The lowest BCUT2D eigenvalue weighted by Crippen LogP contribution is -2.16. The van der Waals surface area contributed by atoms with Crippen molar-refractivity contribution in [1.82, 2.24) is 19.9 Å². The number of nitrogens with zero attached hydrogens (tertiary/aromatic N) is 4. The summed E-state index contributed by atoms with van der Waals surface area (Å²) >= 11 is 1.52. The first kappa shape index (κ1) is 18.5. The van der Waals surface area contributed by atoms with Crippen LogP contribution in [0, 0.1) is 11.3 Å². The molecule has 4 rings (SSSR count). The summed E-state index contributed by atoms with van der Waals surface area (Å²) in [4.78, 5) is 14.3. The first-order valence-corrected chi connectivity index (χ1v) is 9.79. The summed E-state index contributed by atoms with van der Waals surface area (Å²) in [6.45, 7) is 4.62. The molecule has 0 aliphatic heterocycles. The topological polar surface area (TPSA) is 94.6 Å². The molecule has 4 aromatic rings. The zero-order chi connectivity index (χ0) is 20.2.